The molecule has 0 aliphatic carbocycles. The molecule has 1 aromatic carbocycles. The molecule has 18 heavy (non-hydrogen) atoms. The van der Waals surface area contributed by atoms with Crippen molar-refractivity contribution in [3.8, 4) is 0 Å². The van der Waals surface area contributed by atoms with Crippen LogP contribution in [0.5, 0.6) is 0 Å². The topological polar surface area (TPSA) is 45.8 Å². The van der Waals surface area contributed by atoms with Gasteiger partial charge in [-0.15, -0.1) is 11.8 Å². The molecule has 1 heterocycles. The van der Waals surface area contributed by atoms with Gasteiger partial charge in [0.15, 0.2) is 0 Å². The highest BCUT2D eigenvalue weighted by molar-refractivity contribution is 9.10. The summed E-state index contributed by atoms with van der Waals surface area (Å²) in [4.78, 5) is 18.7. The molecule has 0 bridgehead atoms. The number of H-pyrrole nitrogens is 1. The molecule has 6 heteroatoms. The summed E-state index contributed by atoms with van der Waals surface area (Å²) in [5.74, 6) is 0.155. The average molecular weight is 329 g/mol. The summed E-state index contributed by atoms with van der Waals surface area (Å²) in [6, 6.07) is 7.80. The summed E-state index contributed by atoms with van der Waals surface area (Å²) in [6.07, 6.45) is 0. The Morgan fingerprint density at radius 2 is 2.28 bits per heavy atom. The van der Waals surface area contributed by atoms with E-state index >= 15 is 0 Å². The van der Waals surface area contributed by atoms with E-state index in [1.165, 1.54) is 18.7 Å². The van der Waals surface area contributed by atoms with Crippen molar-refractivity contribution in [1.29, 1.82) is 0 Å². The van der Waals surface area contributed by atoms with Gasteiger partial charge < -0.3 is 4.98 Å². The van der Waals surface area contributed by atoms with Crippen molar-refractivity contribution in [2.75, 3.05) is 0 Å². The smallest absolute Gasteiger partial charge is 0.287 e. The number of nitrogens with zero attached hydrogens (tertiary/aromatic N) is 1. The van der Waals surface area contributed by atoms with Crippen LogP contribution in [0.3, 0.4) is 0 Å². The minimum atomic E-state index is -0.814. The number of halogens is 2. The second-order valence-electron chi connectivity index (χ2n) is 3.66. The molecule has 1 N–H and O–H groups in total. The van der Waals surface area contributed by atoms with E-state index in [1.54, 1.807) is 0 Å². The van der Waals surface area contributed by atoms with Gasteiger partial charge in [0, 0.05) is 9.37 Å². The highest BCUT2D eigenvalue weighted by Crippen LogP contribution is 2.24. The van der Waals surface area contributed by atoms with E-state index in [2.05, 4.69) is 25.9 Å². The highest BCUT2D eigenvalue weighted by Gasteiger charge is 2.07. The second-order valence-corrected chi connectivity index (χ2v) is 5.62. The Hall–Kier alpha value is -1.14. The van der Waals surface area contributed by atoms with Crippen molar-refractivity contribution in [1.82, 2.24) is 9.97 Å². The minimum absolute atomic E-state index is 0.128. The summed E-state index contributed by atoms with van der Waals surface area (Å²) in [5.41, 5.74) is -0.587. The fourth-order valence-corrected chi connectivity index (χ4v) is 2.78. The first-order valence-corrected chi connectivity index (χ1v) is 6.98. The third-order valence-electron chi connectivity index (χ3n) is 2.25. The molecule has 0 aliphatic rings. The molecule has 2 aromatic rings. The van der Waals surface area contributed by atoms with Gasteiger partial charge in [-0.05, 0) is 25.1 Å². The average Bonchev–Trinajstić information content (AvgIpc) is 2.33. The maximum atomic E-state index is 13.1. The van der Waals surface area contributed by atoms with Gasteiger partial charge in [-0.1, -0.05) is 22.0 Å². The zero-order chi connectivity index (χ0) is 13.1. The first kappa shape index (κ1) is 13.3. The van der Waals surface area contributed by atoms with E-state index in [0.717, 1.165) is 9.37 Å². The molecule has 0 aliphatic heterocycles. The van der Waals surface area contributed by atoms with Crippen molar-refractivity contribution >= 4 is 27.7 Å². The van der Waals surface area contributed by atoms with Crippen LogP contribution in [0.1, 0.15) is 11.5 Å². The van der Waals surface area contributed by atoms with Crippen LogP contribution in [0.4, 0.5) is 4.39 Å². The van der Waals surface area contributed by atoms with Crippen LogP contribution in [0, 0.1) is 12.7 Å². The Morgan fingerprint density at radius 1 is 1.50 bits per heavy atom. The van der Waals surface area contributed by atoms with Crippen LogP contribution in [-0.4, -0.2) is 9.97 Å². The lowest BCUT2D eigenvalue weighted by Gasteiger charge is -2.03. The second kappa shape index (κ2) is 5.67. The zero-order valence-electron chi connectivity index (χ0n) is 9.54. The predicted octanol–water partition coefficient (Wildman–Crippen LogP) is 3.27. The van der Waals surface area contributed by atoms with Gasteiger partial charge in [-0.25, -0.2) is 4.98 Å². The van der Waals surface area contributed by atoms with Gasteiger partial charge >= 0.3 is 0 Å². The molecule has 3 nitrogen and oxygen atoms in total. The van der Waals surface area contributed by atoms with Crippen molar-refractivity contribution < 1.29 is 4.39 Å². The normalized spacial score (nSPS) is 10.6. The first-order valence-electron chi connectivity index (χ1n) is 5.20. The van der Waals surface area contributed by atoms with Gasteiger partial charge in [-0.3, -0.25) is 4.79 Å². The molecule has 0 fully saturated rings. The standard InChI is InChI=1S/C12H10BrFN2OS/c1-7-11(14)12(17)16-10(15-7)6-18-9-4-2-3-8(13)5-9/h2-5H,6H2,1H3,(H,15,16,17). The number of nitrogens with one attached hydrogen (secondary N) is 1. The van der Waals surface area contributed by atoms with Crippen molar-refractivity contribution in [3.05, 3.63) is 56.4 Å². The number of benzene rings is 1. The first-order chi connectivity index (χ1) is 8.56. The molecular weight excluding hydrogens is 319 g/mol. The Balaban J connectivity index is 2.14. The third-order valence-corrected chi connectivity index (χ3v) is 3.75. The van der Waals surface area contributed by atoms with Crippen LogP contribution in [0.2, 0.25) is 0 Å². The van der Waals surface area contributed by atoms with Crippen LogP contribution in [0.25, 0.3) is 0 Å². The van der Waals surface area contributed by atoms with E-state index in [0.29, 0.717) is 11.6 Å². The van der Waals surface area contributed by atoms with E-state index in [9.17, 15) is 9.18 Å². The minimum Gasteiger partial charge on any atom is -0.307 e. The van der Waals surface area contributed by atoms with Gasteiger partial charge in [0.05, 0.1) is 11.4 Å². The molecule has 0 saturated heterocycles. The lowest BCUT2D eigenvalue weighted by molar-refractivity contribution is 0.584. The summed E-state index contributed by atoms with van der Waals surface area (Å²) in [6.45, 7) is 1.48. The molecule has 94 valence electrons. The fraction of sp³-hybridized carbons (Fsp3) is 0.167. The maximum absolute atomic E-state index is 13.1. The third kappa shape index (κ3) is 3.20. The summed E-state index contributed by atoms with van der Waals surface area (Å²) >= 11 is 4.91. The number of aryl methyl sites for hydroxylation is 1. The van der Waals surface area contributed by atoms with Gasteiger partial charge in [0.2, 0.25) is 5.82 Å². The van der Waals surface area contributed by atoms with Crippen molar-refractivity contribution in [2.24, 2.45) is 0 Å². The van der Waals surface area contributed by atoms with Gasteiger partial charge in [-0.2, -0.15) is 4.39 Å². The Morgan fingerprint density at radius 3 is 2.94 bits per heavy atom. The van der Waals surface area contributed by atoms with Crippen molar-refractivity contribution in [3.63, 3.8) is 0 Å². The Kier molecular flexibility index (Phi) is 4.19. The molecule has 0 amide bonds. The molecular formula is C12H10BrFN2OS. The largest absolute Gasteiger partial charge is 0.307 e. The molecule has 0 spiro atoms. The number of hydrogen-bond acceptors (Lipinski definition) is 3. The monoisotopic (exact) mass is 328 g/mol. The van der Waals surface area contributed by atoms with Crippen LogP contribution in [0.15, 0.2) is 38.4 Å². The Bertz CT molecular complexity index is 630. The highest BCUT2D eigenvalue weighted by atomic mass is 79.9. The number of aromatic amines is 1. The van der Waals surface area contributed by atoms with E-state index in [4.69, 9.17) is 0 Å². The summed E-state index contributed by atoms with van der Waals surface area (Å²) in [7, 11) is 0. The maximum Gasteiger partial charge on any atom is 0.287 e. The van der Waals surface area contributed by atoms with E-state index in [1.807, 2.05) is 24.3 Å². The molecule has 1 aromatic heterocycles. The van der Waals surface area contributed by atoms with Crippen LogP contribution >= 0.6 is 27.7 Å². The summed E-state index contributed by atoms with van der Waals surface area (Å²) < 4.78 is 14.1. The number of thioether (sulfide) groups is 1. The summed E-state index contributed by atoms with van der Waals surface area (Å²) in [5, 5.41) is 0. The molecule has 0 saturated carbocycles. The molecule has 0 radical (unpaired) electrons. The number of aromatic nitrogens is 2. The lowest BCUT2D eigenvalue weighted by Crippen LogP contribution is -2.16. The van der Waals surface area contributed by atoms with Crippen molar-refractivity contribution in [2.45, 2.75) is 17.6 Å². The zero-order valence-corrected chi connectivity index (χ0v) is 11.9. The van der Waals surface area contributed by atoms with Crippen LogP contribution in [-0.2, 0) is 5.75 Å². The number of rotatable bonds is 3. The van der Waals surface area contributed by atoms with E-state index in [-0.39, 0.29) is 5.69 Å². The Labute approximate surface area is 116 Å². The quantitative estimate of drug-likeness (QED) is 0.879. The van der Waals surface area contributed by atoms with E-state index < -0.39 is 11.4 Å². The SMILES string of the molecule is Cc1nc(CSc2cccc(Br)c2)[nH]c(=O)c1F. The molecule has 0 unspecified atom stereocenters. The molecule has 0 atom stereocenters. The fourth-order valence-electron chi connectivity index (χ4n) is 1.41. The molecule has 2 rings (SSSR count). The van der Waals surface area contributed by atoms with Gasteiger partial charge in [0.1, 0.15) is 5.82 Å². The van der Waals surface area contributed by atoms with Crippen LogP contribution < -0.4 is 5.56 Å². The predicted molar refractivity (Wildman–Crippen MR) is 73.3 cm³/mol. The number of hydrogen-bond donors (Lipinski definition) is 1. The van der Waals surface area contributed by atoms with Gasteiger partial charge in [0.25, 0.3) is 5.56 Å². The lowest BCUT2D eigenvalue weighted by atomic mass is 10.4.